The Bertz CT molecular complexity index is 632. The summed E-state index contributed by atoms with van der Waals surface area (Å²) in [6.45, 7) is 4.61. The molecule has 0 aliphatic carbocycles. The van der Waals surface area contributed by atoms with Crippen LogP contribution in [0.1, 0.15) is 23.4 Å². The van der Waals surface area contributed by atoms with Crippen LogP contribution >= 0.6 is 23.2 Å². The molecule has 1 aromatic carbocycles. The SMILES string of the molecule is Cc1nnc(C2CN(Cc3cc(Cl)ccc3Cl)CCO2)o1. The van der Waals surface area contributed by atoms with E-state index < -0.39 is 0 Å². The van der Waals surface area contributed by atoms with Gasteiger partial charge in [0.2, 0.25) is 11.8 Å². The molecule has 1 atom stereocenters. The second kappa shape index (κ2) is 6.32. The van der Waals surface area contributed by atoms with Crippen LogP contribution in [0.15, 0.2) is 22.6 Å². The molecule has 5 nitrogen and oxygen atoms in total. The van der Waals surface area contributed by atoms with Crippen LogP contribution in [0.4, 0.5) is 0 Å². The van der Waals surface area contributed by atoms with E-state index in [-0.39, 0.29) is 6.10 Å². The van der Waals surface area contributed by atoms with Gasteiger partial charge in [0.1, 0.15) is 6.10 Å². The van der Waals surface area contributed by atoms with Gasteiger partial charge in [-0.05, 0) is 23.8 Å². The normalized spacial score (nSPS) is 19.9. The van der Waals surface area contributed by atoms with Gasteiger partial charge < -0.3 is 9.15 Å². The third-order valence-corrected chi connectivity index (χ3v) is 3.97. The first-order valence-electron chi connectivity index (χ1n) is 6.69. The lowest BCUT2D eigenvalue weighted by Gasteiger charge is -2.31. The molecule has 7 heteroatoms. The van der Waals surface area contributed by atoms with Crippen molar-refractivity contribution in [3.05, 3.63) is 45.6 Å². The Balaban J connectivity index is 1.70. The molecule has 0 N–H and O–H groups in total. The molecule has 1 aliphatic heterocycles. The number of benzene rings is 1. The van der Waals surface area contributed by atoms with E-state index in [0.717, 1.165) is 17.1 Å². The molecule has 0 spiro atoms. The maximum absolute atomic E-state index is 6.21. The van der Waals surface area contributed by atoms with Crippen molar-refractivity contribution in [3.63, 3.8) is 0 Å². The number of aromatic nitrogens is 2. The molecule has 1 unspecified atom stereocenters. The minimum absolute atomic E-state index is 0.196. The molecule has 1 fully saturated rings. The number of rotatable bonds is 3. The summed E-state index contributed by atoms with van der Waals surface area (Å²) < 4.78 is 11.1. The molecule has 0 bridgehead atoms. The quantitative estimate of drug-likeness (QED) is 0.866. The Morgan fingerprint density at radius 1 is 1.33 bits per heavy atom. The molecule has 1 aliphatic rings. The number of aryl methyl sites for hydroxylation is 1. The van der Waals surface area contributed by atoms with Crippen molar-refractivity contribution < 1.29 is 9.15 Å². The van der Waals surface area contributed by atoms with Gasteiger partial charge in [-0.15, -0.1) is 10.2 Å². The maximum atomic E-state index is 6.21. The van der Waals surface area contributed by atoms with E-state index in [4.69, 9.17) is 32.4 Å². The average Bonchev–Trinajstić information content (AvgIpc) is 2.90. The predicted molar refractivity (Wildman–Crippen MR) is 79.5 cm³/mol. The van der Waals surface area contributed by atoms with E-state index in [2.05, 4.69) is 15.1 Å². The van der Waals surface area contributed by atoms with E-state index in [0.29, 0.717) is 36.5 Å². The molecular formula is C14H15Cl2N3O2. The van der Waals surface area contributed by atoms with Crippen molar-refractivity contribution in [2.24, 2.45) is 0 Å². The van der Waals surface area contributed by atoms with Gasteiger partial charge in [0, 0.05) is 36.6 Å². The third kappa shape index (κ3) is 3.55. The van der Waals surface area contributed by atoms with Crippen LogP contribution in [-0.2, 0) is 11.3 Å². The van der Waals surface area contributed by atoms with Gasteiger partial charge in [0.05, 0.1) is 6.61 Å². The van der Waals surface area contributed by atoms with Gasteiger partial charge in [-0.1, -0.05) is 23.2 Å². The van der Waals surface area contributed by atoms with Crippen LogP contribution < -0.4 is 0 Å². The molecule has 0 amide bonds. The lowest BCUT2D eigenvalue weighted by Crippen LogP contribution is -2.38. The Kier molecular flexibility index (Phi) is 4.45. The molecule has 3 rings (SSSR count). The summed E-state index contributed by atoms with van der Waals surface area (Å²) in [4.78, 5) is 2.24. The van der Waals surface area contributed by atoms with E-state index >= 15 is 0 Å². The topological polar surface area (TPSA) is 51.4 Å². The van der Waals surface area contributed by atoms with E-state index in [1.165, 1.54) is 0 Å². The number of hydrogen-bond donors (Lipinski definition) is 0. The number of morpholine rings is 1. The Morgan fingerprint density at radius 3 is 2.95 bits per heavy atom. The first-order valence-corrected chi connectivity index (χ1v) is 7.45. The van der Waals surface area contributed by atoms with Crippen molar-refractivity contribution in [1.29, 1.82) is 0 Å². The molecule has 1 saturated heterocycles. The molecule has 0 saturated carbocycles. The highest BCUT2D eigenvalue weighted by Crippen LogP contribution is 2.26. The van der Waals surface area contributed by atoms with Crippen molar-refractivity contribution in [2.45, 2.75) is 19.6 Å². The van der Waals surface area contributed by atoms with Gasteiger partial charge in [-0.2, -0.15) is 0 Å². The largest absolute Gasteiger partial charge is 0.423 e. The molecule has 2 heterocycles. The van der Waals surface area contributed by atoms with Crippen LogP contribution in [0, 0.1) is 6.92 Å². The summed E-state index contributed by atoms with van der Waals surface area (Å²) in [5.74, 6) is 1.07. The molecule has 0 radical (unpaired) electrons. The minimum atomic E-state index is -0.196. The lowest BCUT2D eigenvalue weighted by atomic mass is 10.2. The molecule has 1 aromatic heterocycles. The summed E-state index contributed by atoms with van der Waals surface area (Å²) in [5, 5.41) is 9.28. The molecular weight excluding hydrogens is 313 g/mol. The summed E-state index contributed by atoms with van der Waals surface area (Å²) >= 11 is 12.2. The zero-order chi connectivity index (χ0) is 14.8. The minimum Gasteiger partial charge on any atom is -0.423 e. The number of ether oxygens (including phenoxy) is 1. The zero-order valence-electron chi connectivity index (χ0n) is 11.6. The fraction of sp³-hybridized carbons (Fsp3) is 0.429. The highest BCUT2D eigenvalue weighted by Gasteiger charge is 2.26. The van der Waals surface area contributed by atoms with E-state index in [9.17, 15) is 0 Å². The van der Waals surface area contributed by atoms with Crippen LogP contribution in [0.3, 0.4) is 0 Å². The first kappa shape index (κ1) is 14.8. The fourth-order valence-electron chi connectivity index (χ4n) is 2.34. The second-order valence-corrected chi connectivity index (χ2v) is 5.83. The Labute approximate surface area is 132 Å². The van der Waals surface area contributed by atoms with Gasteiger partial charge in [0.15, 0.2) is 0 Å². The number of nitrogens with zero attached hydrogens (tertiary/aromatic N) is 3. The molecule has 112 valence electrons. The first-order chi connectivity index (χ1) is 10.1. The zero-order valence-corrected chi connectivity index (χ0v) is 13.1. The summed E-state index contributed by atoms with van der Waals surface area (Å²) in [6.07, 6.45) is -0.196. The fourth-order valence-corrected chi connectivity index (χ4v) is 2.71. The van der Waals surface area contributed by atoms with Crippen molar-refractivity contribution >= 4 is 23.2 Å². The summed E-state index contributed by atoms with van der Waals surface area (Å²) in [5.41, 5.74) is 1.01. The lowest BCUT2D eigenvalue weighted by molar-refractivity contribution is -0.0457. The van der Waals surface area contributed by atoms with Crippen molar-refractivity contribution in [2.75, 3.05) is 19.7 Å². The van der Waals surface area contributed by atoms with Crippen LogP contribution in [0.2, 0.25) is 10.0 Å². The number of hydrogen-bond acceptors (Lipinski definition) is 5. The van der Waals surface area contributed by atoms with Gasteiger partial charge in [-0.25, -0.2) is 0 Å². The van der Waals surface area contributed by atoms with Gasteiger partial charge in [-0.3, -0.25) is 4.90 Å². The van der Waals surface area contributed by atoms with Crippen molar-refractivity contribution in [1.82, 2.24) is 15.1 Å². The van der Waals surface area contributed by atoms with Gasteiger partial charge in [0.25, 0.3) is 0 Å². The van der Waals surface area contributed by atoms with Gasteiger partial charge >= 0.3 is 0 Å². The molecule has 2 aromatic rings. The Morgan fingerprint density at radius 2 is 2.19 bits per heavy atom. The van der Waals surface area contributed by atoms with Crippen molar-refractivity contribution in [3.8, 4) is 0 Å². The number of halogens is 2. The highest BCUT2D eigenvalue weighted by molar-refractivity contribution is 6.33. The predicted octanol–water partition coefficient (Wildman–Crippen LogP) is 3.26. The molecule has 21 heavy (non-hydrogen) atoms. The van der Waals surface area contributed by atoms with Crippen LogP contribution in [0.5, 0.6) is 0 Å². The monoisotopic (exact) mass is 327 g/mol. The van der Waals surface area contributed by atoms with E-state index in [1.807, 2.05) is 12.1 Å². The van der Waals surface area contributed by atoms with E-state index in [1.54, 1.807) is 13.0 Å². The smallest absolute Gasteiger partial charge is 0.246 e. The second-order valence-electron chi connectivity index (χ2n) is 4.99. The van der Waals surface area contributed by atoms with Crippen LogP contribution in [-0.4, -0.2) is 34.8 Å². The highest BCUT2D eigenvalue weighted by atomic mass is 35.5. The summed E-state index contributed by atoms with van der Waals surface area (Å²) in [7, 11) is 0. The Hall–Kier alpha value is -1.14. The third-order valence-electron chi connectivity index (χ3n) is 3.37. The summed E-state index contributed by atoms with van der Waals surface area (Å²) in [6, 6.07) is 5.50. The van der Waals surface area contributed by atoms with Crippen LogP contribution in [0.25, 0.3) is 0 Å². The standard InChI is InChI=1S/C14H15Cl2N3O2/c1-9-17-18-14(21-9)13-8-19(4-5-20-13)7-10-6-11(15)2-3-12(10)16/h2-3,6,13H,4-5,7-8H2,1H3. The average molecular weight is 328 g/mol. The maximum Gasteiger partial charge on any atom is 0.246 e.